The van der Waals surface area contributed by atoms with Crippen LogP contribution in [0.15, 0.2) is 42.5 Å². The van der Waals surface area contributed by atoms with Gasteiger partial charge in [0.2, 0.25) is 0 Å². The van der Waals surface area contributed by atoms with E-state index in [0.717, 1.165) is 54.6 Å². The fourth-order valence-corrected chi connectivity index (χ4v) is 4.23. The van der Waals surface area contributed by atoms with Crippen molar-refractivity contribution in [3.05, 3.63) is 64.2 Å². The Morgan fingerprint density at radius 1 is 0.875 bits per heavy atom. The number of hydrogen-bond donors (Lipinski definition) is 0. The minimum Gasteiger partial charge on any atom is -0.483 e. The Kier molecular flexibility index (Phi) is 7.57. The summed E-state index contributed by atoms with van der Waals surface area (Å²) in [7, 11) is 0. The van der Waals surface area contributed by atoms with E-state index in [1.165, 1.54) is 5.56 Å². The molecule has 1 amide bonds. The lowest BCUT2D eigenvalue weighted by Crippen LogP contribution is -2.49. The van der Waals surface area contributed by atoms with Crippen LogP contribution in [0.2, 0.25) is 5.02 Å². The lowest BCUT2D eigenvalue weighted by Gasteiger charge is -2.35. The van der Waals surface area contributed by atoms with Crippen LogP contribution in [0.1, 0.15) is 58.2 Å². The second-order valence-electron chi connectivity index (χ2n) is 10.8. The first-order chi connectivity index (χ1) is 14.9. The van der Waals surface area contributed by atoms with Crippen LogP contribution in [0.5, 0.6) is 5.75 Å². The fourth-order valence-electron chi connectivity index (χ4n) is 4.10. The number of hydrogen-bond acceptors (Lipinski definition) is 3. The summed E-state index contributed by atoms with van der Waals surface area (Å²) >= 11 is 5.98. The molecule has 1 saturated heterocycles. The largest absolute Gasteiger partial charge is 0.483 e. The van der Waals surface area contributed by atoms with Gasteiger partial charge in [-0.15, -0.1) is 0 Å². The third-order valence-corrected chi connectivity index (χ3v) is 6.27. The second-order valence-corrected chi connectivity index (χ2v) is 11.2. The molecule has 0 radical (unpaired) electrons. The van der Waals surface area contributed by atoms with Crippen molar-refractivity contribution in [2.45, 2.75) is 58.9 Å². The number of benzene rings is 2. The van der Waals surface area contributed by atoms with Crippen molar-refractivity contribution >= 4 is 17.5 Å². The van der Waals surface area contributed by atoms with E-state index in [0.29, 0.717) is 0 Å². The smallest absolute Gasteiger partial charge is 0.260 e. The molecule has 0 spiro atoms. The van der Waals surface area contributed by atoms with Gasteiger partial charge in [0, 0.05) is 37.7 Å². The highest BCUT2D eigenvalue weighted by molar-refractivity contribution is 6.30. The number of carbonyl (C=O) groups excluding carboxylic acids is 1. The zero-order valence-corrected chi connectivity index (χ0v) is 21.1. The van der Waals surface area contributed by atoms with E-state index >= 15 is 0 Å². The van der Waals surface area contributed by atoms with Crippen molar-refractivity contribution in [2.24, 2.45) is 0 Å². The van der Waals surface area contributed by atoms with Crippen LogP contribution >= 0.6 is 11.6 Å². The minimum atomic E-state index is -0.0626. The van der Waals surface area contributed by atoms with E-state index in [9.17, 15) is 4.79 Å². The highest BCUT2D eigenvalue weighted by Gasteiger charge is 2.28. The van der Waals surface area contributed by atoms with Crippen molar-refractivity contribution in [2.75, 3.05) is 32.8 Å². The average Bonchev–Trinajstić information content (AvgIpc) is 2.72. The lowest BCUT2D eigenvalue weighted by atomic mass is 9.79. The molecule has 1 heterocycles. The molecule has 2 aromatic carbocycles. The Balaban J connectivity index is 1.61. The van der Waals surface area contributed by atoms with Crippen LogP contribution in [-0.4, -0.2) is 48.5 Å². The van der Waals surface area contributed by atoms with Crippen LogP contribution in [0.4, 0.5) is 0 Å². The maximum Gasteiger partial charge on any atom is 0.260 e. The van der Waals surface area contributed by atoms with Gasteiger partial charge < -0.3 is 9.64 Å². The topological polar surface area (TPSA) is 32.8 Å². The Morgan fingerprint density at radius 2 is 1.41 bits per heavy atom. The first-order valence-corrected chi connectivity index (χ1v) is 11.8. The van der Waals surface area contributed by atoms with Crippen molar-refractivity contribution in [1.82, 2.24) is 9.80 Å². The predicted octanol–water partition coefficient (Wildman–Crippen LogP) is 5.66. The first kappa shape index (κ1) is 24.6. The normalized spacial score (nSPS) is 15.7. The molecule has 174 valence electrons. The zero-order valence-electron chi connectivity index (χ0n) is 20.4. The predicted molar refractivity (Wildman–Crippen MR) is 133 cm³/mol. The molecular weight excluding hydrogens is 420 g/mol. The van der Waals surface area contributed by atoms with Gasteiger partial charge in [-0.25, -0.2) is 0 Å². The lowest BCUT2D eigenvalue weighted by molar-refractivity contribution is -0.135. The van der Waals surface area contributed by atoms with Crippen LogP contribution in [0.25, 0.3) is 0 Å². The Morgan fingerprint density at radius 3 is 1.91 bits per heavy atom. The summed E-state index contributed by atoms with van der Waals surface area (Å²) in [6, 6.07) is 14.3. The molecule has 1 aliphatic rings. The molecule has 0 unspecified atom stereocenters. The minimum absolute atomic E-state index is 0.0553. The van der Waals surface area contributed by atoms with Gasteiger partial charge >= 0.3 is 0 Å². The van der Waals surface area contributed by atoms with E-state index in [1.807, 2.05) is 17.0 Å². The van der Waals surface area contributed by atoms with E-state index in [4.69, 9.17) is 16.3 Å². The van der Waals surface area contributed by atoms with Gasteiger partial charge in [0.05, 0.1) is 0 Å². The molecule has 0 aliphatic carbocycles. The third-order valence-electron chi connectivity index (χ3n) is 6.02. The zero-order chi connectivity index (χ0) is 23.5. The maximum atomic E-state index is 13.0. The molecule has 1 aliphatic heterocycles. The van der Waals surface area contributed by atoms with Gasteiger partial charge in [-0.3, -0.25) is 9.69 Å². The van der Waals surface area contributed by atoms with Gasteiger partial charge in [-0.05, 0) is 39.7 Å². The van der Waals surface area contributed by atoms with Crippen LogP contribution in [0.3, 0.4) is 0 Å². The summed E-state index contributed by atoms with van der Waals surface area (Å²) in [6.07, 6.45) is 0. The van der Waals surface area contributed by atoms with Crippen molar-refractivity contribution in [3.8, 4) is 5.75 Å². The standard InChI is InChI=1S/C27H37ClN2O2/c1-26(2,3)22-8-7-9-23(27(4,5)6)25(22)32-19-24(31)30-16-14-29(15-17-30)18-20-10-12-21(28)13-11-20/h7-13H,14-19H2,1-6H3. The van der Waals surface area contributed by atoms with Crippen molar-refractivity contribution in [3.63, 3.8) is 0 Å². The van der Waals surface area contributed by atoms with Crippen molar-refractivity contribution < 1.29 is 9.53 Å². The van der Waals surface area contributed by atoms with Gasteiger partial charge in [0.15, 0.2) is 6.61 Å². The summed E-state index contributed by atoms with van der Waals surface area (Å²) in [4.78, 5) is 17.3. The highest BCUT2D eigenvalue weighted by atomic mass is 35.5. The molecule has 1 fully saturated rings. The molecule has 0 atom stereocenters. The fraction of sp³-hybridized carbons (Fsp3) is 0.519. The number of piperazine rings is 1. The summed E-state index contributed by atoms with van der Waals surface area (Å²) < 4.78 is 6.25. The van der Waals surface area contributed by atoms with E-state index in [1.54, 1.807) is 0 Å². The molecule has 2 aromatic rings. The number of ether oxygens (including phenoxy) is 1. The number of amides is 1. The van der Waals surface area contributed by atoms with E-state index in [2.05, 4.69) is 76.8 Å². The van der Waals surface area contributed by atoms with Gasteiger partial charge in [-0.2, -0.15) is 0 Å². The maximum absolute atomic E-state index is 13.0. The SMILES string of the molecule is CC(C)(C)c1cccc(C(C)(C)C)c1OCC(=O)N1CCN(Cc2ccc(Cl)cc2)CC1. The van der Waals surface area contributed by atoms with E-state index in [-0.39, 0.29) is 23.3 Å². The molecule has 0 N–H and O–H groups in total. The average molecular weight is 457 g/mol. The van der Waals surface area contributed by atoms with Crippen LogP contribution in [0, 0.1) is 0 Å². The van der Waals surface area contributed by atoms with Gasteiger partial charge in [-0.1, -0.05) is 83.5 Å². The molecule has 32 heavy (non-hydrogen) atoms. The molecule has 5 heteroatoms. The Bertz CT molecular complexity index is 886. The molecule has 3 rings (SSSR count). The summed E-state index contributed by atoms with van der Waals surface area (Å²) in [5, 5.41) is 0.756. The summed E-state index contributed by atoms with van der Waals surface area (Å²) in [5.74, 6) is 0.918. The van der Waals surface area contributed by atoms with Gasteiger partial charge in [0.25, 0.3) is 5.91 Å². The monoisotopic (exact) mass is 456 g/mol. The first-order valence-electron chi connectivity index (χ1n) is 11.5. The Labute approximate surface area is 198 Å². The second kappa shape index (κ2) is 9.84. The quantitative estimate of drug-likeness (QED) is 0.582. The highest BCUT2D eigenvalue weighted by Crippen LogP contribution is 2.39. The number of para-hydroxylation sites is 1. The van der Waals surface area contributed by atoms with Gasteiger partial charge in [0.1, 0.15) is 5.75 Å². The molecule has 4 nitrogen and oxygen atoms in total. The number of nitrogens with zero attached hydrogens (tertiary/aromatic N) is 2. The number of carbonyl (C=O) groups is 1. The third kappa shape index (κ3) is 6.26. The summed E-state index contributed by atoms with van der Waals surface area (Å²) in [5.41, 5.74) is 3.40. The molecule has 0 bridgehead atoms. The molecular formula is C27H37ClN2O2. The van der Waals surface area contributed by atoms with Crippen LogP contribution < -0.4 is 4.74 Å². The number of rotatable bonds is 5. The molecule has 0 saturated carbocycles. The van der Waals surface area contributed by atoms with Crippen LogP contribution in [-0.2, 0) is 22.2 Å². The van der Waals surface area contributed by atoms with E-state index < -0.39 is 0 Å². The summed E-state index contributed by atoms with van der Waals surface area (Å²) in [6.45, 7) is 17.2. The van der Waals surface area contributed by atoms with Crippen molar-refractivity contribution in [1.29, 1.82) is 0 Å². The Hall–Kier alpha value is -2.04. The molecule has 0 aromatic heterocycles. The number of halogens is 1.